The van der Waals surface area contributed by atoms with E-state index in [0.717, 1.165) is 17.7 Å². The fourth-order valence-corrected chi connectivity index (χ4v) is 3.33. The van der Waals surface area contributed by atoms with Gasteiger partial charge in [-0.1, -0.05) is 24.3 Å². The van der Waals surface area contributed by atoms with Gasteiger partial charge in [0.25, 0.3) is 5.91 Å². The SMILES string of the molecule is Cc1ccccc1NC(=O)C1CCCN(C(=O)c2cccc(C(F)(F)F)c2)C1. The number of anilines is 1. The molecule has 1 saturated heterocycles. The molecule has 1 N–H and O–H groups in total. The molecule has 1 unspecified atom stereocenters. The Balaban J connectivity index is 1.70. The number of nitrogens with one attached hydrogen (secondary N) is 1. The molecule has 2 aromatic carbocycles. The number of aryl methyl sites for hydroxylation is 1. The molecule has 1 atom stereocenters. The summed E-state index contributed by atoms with van der Waals surface area (Å²) in [5.74, 6) is -1.07. The Kier molecular flexibility index (Phi) is 5.72. The van der Waals surface area contributed by atoms with Crippen molar-refractivity contribution in [3.63, 3.8) is 0 Å². The average Bonchev–Trinajstić information content (AvgIpc) is 2.68. The van der Waals surface area contributed by atoms with E-state index in [1.54, 1.807) is 0 Å². The third-order valence-corrected chi connectivity index (χ3v) is 4.92. The van der Waals surface area contributed by atoms with E-state index in [1.165, 1.54) is 17.0 Å². The summed E-state index contributed by atoms with van der Waals surface area (Å²) in [6.07, 6.45) is -3.26. The summed E-state index contributed by atoms with van der Waals surface area (Å²) in [4.78, 5) is 26.8. The molecular formula is C21H21F3N2O2. The molecule has 0 aliphatic carbocycles. The van der Waals surface area contributed by atoms with Crippen LogP contribution in [0.1, 0.15) is 34.3 Å². The van der Waals surface area contributed by atoms with Gasteiger partial charge in [0.2, 0.25) is 5.91 Å². The Morgan fingerprint density at radius 2 is 1.86 bits per heavy atom. The maximum absolute atomic E-state index is 12.9. The summed E-state index contributed by atoms with van der Waals surface area (Å²) in [6, 6.07) is 11.8. The summed E-state index contributed by atoms with van der Waals surface area (Å²) in [5, 5.41) is 2.88. The Bertz CT molecular complexity index is 880. The highest BCUT2D eigenvalue weighted by Crippen LogP contribution is 2.30. The van der Waals surface area contributed by atoms with E-state index in [1.807, 2.05) is 31.2 Å². The lowest BCUT2D eigenvalue weighted by molar-refractivity contribution is -0.137. The monoisotopic (exact) mass is 390 g/mol. The lowest BCUT2D eigenvalue weighted by Gasteiger charge is -2.32. The first-order valence-electron chi connectivity index (χ1n) is 9.09. The van der Waals surface area contributed by atoms with Crippen LogP contribution in [0.25, 0.3) is 0 Å². The second kappa shape index (κ2) is 8.04. The van der Waals surface area contributed by atoms with E-state index in [4.69, 9.17) is 0 Å². The van der Waals surface area contributed by atoms with Crippen LogP contribution in [0, 0.1) is 12.8 Å². The Morgan fingerprint density at radius 1 is 1.11 bits per heavy atom. The number of benzene rings is 2. The van der Waals surface area contributed by atoms with Crippen LogP contribution in [0.3, 0.4) is 0 Å². The Hall–Kier alpha value is -2.83. The second-order valence-electron chi connectivity index (χ2n) is 6.97. The minimum absolute atomic E-state index is 0.0187. The molecule has 0 saturated carbocycles. The van der Waals surface area contributed by atoms with Crippen molar-refractivity contribution in [1.29, 1.82) is 0 Å². The van der Waals surface area contributed by atoms with Crippen LogP contribution in [0.2, 0.25) is 0 Å². The molecular weight excluding hydrogens is 369 g/mol. The molecule has 0 aromatic heterocycles. The number of piperidine rings is 1. The zero-order valence-electron chi connectivity index (χ0n) is 15.4. The lowest BCUT2D eigenvalue weighted by atomic mass is 9.96. The molecule has 0 spiro atoms. The highest BCUT2D eigenvalue weighted by molar-refractivity contribution is 5.96. The predicted octanol–water partition coefficient (Wildman–Crippen LogP) is 4.50. The van der Waals surface area contributed by atoms with Gasteiger partial charge in [-0.25, -0.2) is 0 Å². The average molecular weight is 390 g/mol. The molecule has 1 fully saturated rings. The van der Waals surface area contributed by atoms with E-state index < -0.39 is 23.6 Å². The normalized spacial score (nSPS) is 17.3. The number of amides is 2. The highest BCUT2D eigenvalue weighted by atomic mass is 19.4. The van der Waals surface area contributed by atoms with Crippen LogP contribution in [0.5, 0.6) is 0 Å². The van der Waals surface area contributed by atoms with Crippen LogP contribution >= 0.6 is 0 Å². The first-order chi connectivity index (χ1) is 13.3. The molecule has 28 heavy (non-hydrogen) atoms. The van der Waals surface area contributed by atoms with Gasteiger partial charge in [0.1, 0.15) is 0 Å². The molecule has 1 aliphatic rings. The van der Waals surface area contributed by atoms with E-state index in [2.05, 4.69) is 5.32 Å². The number of rotatable bonds is 3. The van der Waals surface area contributed by atoms with Gasteiger partial charge in [0.15, 0.2) is 0 Å². The van der Waals surface area contributed by atoms with Crippen molar-refractivity contribution in [2.75, 3.05) is 18.4 Å². The van der Waals surface area contributed by atoms with Gasteiger partial charge in [-0.05, 0) is 49.6 Å². The number of para-hydroxylation sites is 1. The number of likely N-dealkylation sites (tertiary alicyclic amines) is 1. The predicted molar refractivity (Wildman–Crippen MR) is 99.9 cm³/mol. The van der Waals surface area contributed by atoms with Crippen molar-refractivity contribution in [3.8, 4) is 0 Å². The summed E-state index contributed by atoms with van der Waals surface area (Å²) in [7, 11) is 0. The van der Waals surface area contributed by atoms with Crippen LogP contribution in [-0.2, 0) is 11.0 Å². The minimum Gasteiger partial charge on any atom is -0.338 e. The maximum Gasteiger partial charge on any atom is 0.416 e. The number of hydrogen-bond donors (Lipinski definition) is 1. The zero-order chi connectivity index (χ0) is 20.3. The molecule has 148 valence electrons. The molecule has 3 rings (SSSR count). The van der Waals surface area contributed by atoms with Crippen molar-refractivity contribution in [1.82, 2.24) is 4.90 Å². The third kappa shape index (κ3) is 4.52. The van der Waals surface area contributed by atoms with Gasteiger partial charge in [0.05, 0.1) is 11.5 Å². The Morgan fingerprint density at radius 3 is 2.57 bits per heavy atom. The Labute approximate surface area is 161 Å². The van der Waals surface area contributed by atoms with Crippen molar-refractivity contribution < 1.29 is 22.8 Å². The summed E-state index contributed by atoms with van der Waals surface area (Å²) in [5.41, 5.74) is 0.774. The number of carbonyl (C=O) groups excluding carboxylic acids is 2. The largest absolute Gasteiger partial charge is 0.416 e. The number of nitrogens with zero attached hydrogens (tertiary/aromatic N) is 1. The number of carbonyl (C=O) groups is 2. The first-order valence-corrected chi connectivity index (χ1v) is 9.09. The van der Waals surface area contributed by atoms with Crippen LogP contribution in [-0.4, -0.2) is 29.8 Å². The van der Waals surface area contributed by atoms with Gasteiger partial charge in [-0.2, -0.15) is 13.2 Å². The molecule has 0 radical (unpaired) electrons. The molecule has 4 nitrogen and oxygen atoms in total. The quantitative estimate of drug-likeness (QED) is 0.839. The minimum atomic E-state index is -4.51. The van der Waals surface area contributed by atoms with Gasteiger partial charge in [0, 0.05) is 24.3 Å². The van der Waals surface area contributed by atoms with Crippen molar-refractivity contribution in [2.24, 2.45) is 5.92 Å². The fraction of sp³-hybridized carbons (Fsp3) is 0.333. The summed E-state index contributed by atoms with van der Waals surface area (Å²) in [6.45, 7) is 2.50. The number of hydrogen-bond acceptors (Lipinski definition) is 2. The van der Waals surface area contributed by atoms with Crippen molar-refractivity contribution >= 4 is 17.5 Å². The molecule has 2 aromatic rings. The number of halogens is 3. The van der Waals surface area contributed by atoms with Crippen LogP contribution in [0.15, 0.2) is 48.5 Å². The van der Waals surface area contributed by atoms with Crippen LogP contribution < -0.4 is 5.32 Å². The van der Waals surface area contributed by atoms with Crippen molar-refractivity contribution in [2.45, 2.75) is 25.9 Å². The fourth-order valence-electron chi connectivity index (χ4n) is 3.33. The first kappa shape index (κ1) is 19.9. The van der Waals surface area contributed by atoms with Gasteiger partial charge in [-0.3, -0.25) is 9.59 Å². The molecule has 0 bridgehead atoms. The second-order valence-corrected chi connectivity index (χ2v) is 6.97. The van der Waals surface area contributed by atoms with Crippen LogP contribution in [0.4, 0.5) is 18.9 Å². The molecule has 2 amide bonds. The summed E-state index contributed by atoms with van der Waals surface area (Å²) >= 11 is 0. The van der Waals surface area contributed by atoms with E-state index >= 15 is 0 Å². The molecule has 7 heteroatoms. The number of alkyl halides is 3. The smallest absolute Gasteiger partial charge is 0.338 e. The van der Waals surface area contributed by atoms with E-state index in [0.29, 0.717) is 25.1 Å². The van der Waals surface area contributed by atoms with Gasteiger partial charge < -0.3 is 10.2 Å². The summed E-state index contributed by atoms with van der Waals surface area (Å²) < 4.78 is 38.7. The topological polar surface area (TPSA) is 49.4 Å². The van der Waals surface area contributed by atoms with E-state index in [9.17, 15) is 22.8 Å². The van der Waals surface area contributed by atoms with Crippen molar-refractivity contribution in [3.05, 3.63) is 65.2 Å². The lowest BCUT2D eigenvalue weighted by Crippen LogP contribution is -2.43. The van der Waals surface area contributed by atoms with Gasteiger partial charge in [-0.15, -0.1) is 0 Å². The highest BCUT2D eigenvalue weighted by Gasteiger charge is 2.33. The molecule has 1 heterocycles. The van der Waals surface area contributed by atoms with E-state index in [-0.39, 0.29) is 18.0 Å². The zero-order valence-corrected chi connectivity index (χ0v) is 15.4. The standard InChI is InChI=1S/C21H21F3N2O2/c1-14-6-2-3-10-18(14)25-19(27)16-8-5-11-26(13-16)20(28)15-7-4-9-17(12-15)21(22,23)24/h2-4,6-7,9-10,12,16H,5,8,11,13H2,1H3,(H,25,27). The maximum atomic E-state index is 12.9. The third-order valence-electron chi connectivity index (χ3n) is 4.92. The van der Waals surface area contributed by atoms with Gasteiger partial charge >= 0.3 is 6.18 Å². The molecule has 1 aliphatic heterocycles.